The van der Waals surface area contributed by atoms with Gasteiger partial charge in [0.25, 0.3) is 0 Å². The van der Waals surface area contributed by atoms with Gasteiger partial charge in [0.2, 0.25) is 0 Å². The van der Waals surface area contributed by atoms with Crippen LogP contribution < -0.4 is 5.32 Å². The van der Waals surface area contributed by atoms with Crippen LogP contribution in [0.2, 0.25) is 0 Å². The molecule has 102 valence electrons. The quantitative estimate of drug-likeness (QED) is 0.729. The lowest BCUT2D eigenvalue weighted by atomic mass is 9.97. The average molecular weight is 266 g/mol. The third kappa shape index (κ3) is 3.65. The number of nitriles is 1. The minimum absolute atomic E-state index is 0.223. The summed E-state index contributed by atoms with van der Waals surface area (Å²) in [5.41, 5.74) is -0.223. The molecule has 1 atom stereocenters. The van der Waals surface area contributed by atoms with E-state index in [-0.39, 0.29) is 5.54 Å². The zero-order valence-electron chi connectivity index (χ0n) is 11.6. The number of thioether (sulfide) groups is 1. The molecule has 3 heteroatoms. The fraction of sp³-hybridized carbons (Fsp3) is 0.933. The zero-order chi connectivity index (χ0) is 12.8. The molecular formula is C15H26N2S. The van der Waals surface area contributed by atoms with Gasteiger partial charge in [-0.15, -0.1) is 0 Å². The van der Waals surface area contributed by atoms with Crippen LogP contribution in [0.3, 0.4) is 0 Å². The van der Waals surface area contributed by atoms with Crippen molar-refractivity contribution in [3.05, 3.63) is 0 Å². The van der Waals surface area contributed by atoms with E-state index < -0.39 is 0 Å². The van der Waals surface area contributed by atoms with Crippen LogP contribution in [0.25, 0.3) is 0 Å². The number of rotatable bonds is 8. The van der Waals surface area contributed by atoms with E-state index in [0.29, 0.717) is 5.92 Å². The van der Waals surface area contributed by atoms with E-state index in [2.05, 4.69) is 18.3 Å². The van der Waals surface area contributed by atoms with Crippen molar-refractivity contribution in [2.75, 3.05) is 18.1 Å². The fourth-order valence-electron chi connectivity index (χ4n) is 2.96. The topological polar surface area (TPSA) is 35.8 Å². The van der Waals surface area contributed by atoms with Crippen LogP contribution >= 0.6 is 11.8 Å². The molecule has 2 aliphatic carbocycles. The van der Waals surface area contributed by atoms with Crippen LogP contribution in [0.5, 0.6) is 0 Å². The Morgan fingerprint density at radius 2 is 2.00 bits per heavy atom. The highest BCUT2D eigenvalue weighted by molar-refractivity contribution is 7.99. The highest BCUT2D eigenvalue weighted by atomic mass is 32.2. The van der Waals surface area contributed by atoms with Crippen LogP contribution in [0.1, 0.15) is 51.9 Å². The van der Waals surface area contributed by atoms with E-state index >= 15 is 0 Å². The van der Waals surface area contributed by atoms with Gasteiger partial charge < -0.3 is 0 Å². The molecule has 0 aliphatic heterocycles. The minimum Gasteiger partial charge on any atom is -0.298 e. The van der Waals surface area contributed by atoms with Crippen molar-refractivity contribution < 1.29 is 0 Å². The van der Waals surface area contributed by atoms with Gasteiger partial charge in [-0.05, 0) is 56.2 Å². The first kappa shape index (κ1) is 14.2. The lowest BCUT2D eigenvalue weighted by Crippen LogP contribution is -2.49. The average Bonchev–Trinajstić information content (AvgIpc) is 3.12. The van der Waals surface area contributed by atoms with Gasteiger partial charge in [0.05, 0.1) is 6.07 Å². The first-order valence-electron chi connectivity index (χ1n) is 7.55. The Morgan fingerprint density at radius 3 is 2.56 bits per heavy atom. The van der Waals surface area contributed by atoms with Crippen LogP contribution in [0.15, 0.2) is 0 Å². The van der Waals surface area contributed by atoms with Crippen molar-refractivity contribution in [2.45, 2.75) is 57.4 Å². The number of hydrogen-bond donors (Lipinski definition) is 1. The normalized spacial score (nSPS) is 23.8. The van der Waals surface area contributed by atoms with E-state index in [9.17, 15) is 5.26 Å². The van der Waals surface area contributed by atoms with Crippen molar-refractivity contribution in [1.29, 1.82) is 5.26 Å². The van der Waals surface area contributed by atoms with Crippen molar-refractivity contribution in [3.63, 3.8) is 0 Å². The van der Waals surface area contributed by atoms with Gasteiger partial charge >= 0.3 is 0 Å². The van der Waals surface area contributed by atoms with E-state index in [1.165, 1.54) is 44.3 Å². The second-order valence-electron chi connectivity index (χ2n) is 5.95. The Bertz CT molecular complexity index is 289. The van der Waals surface area contributed by atoms with E-state index in [1.807, 2.05) is 11.8 Å². The maximum absolute atomic E-state index is 9.58. The zero-order valence-corrected chi connectivity index (χ0v) is 12.4. The molecule has 1 N–H and O–H groups in total. The molecule has 0 aromatic rings. The third-order valence-corrected chi connectivity index (χ3v) is 5.69. The Balaban J connectivity index is 1.78. The Labute approximate surface area is 116 Å². The number of hydrogen-bond acceptors (Lipinski definition) is 3. The molecule has 0 aromatic carbocycles. The summed E-state index contributed by atoms with van der Waals surface area (Å²) in [6.07, 6.45) is 9.28. The molecular weight excluding hydrogens is 240 g/mol. The molecule has 2 saturated carbocycles. The van der Waals surface area contributed by atoms with Gasteiger partial charge in [0.15, 0.2) is 0 Å². The second-order valence-corrected chi connectivity index (χ2v) is 6.98. The summed E-state index contributed by atoms with van der Waals surface area (Å²) < 4.78 is 0. The van der Waals surface area contributed by atoms with E-state index in [1.54, 1.807) is 0 Å². The van der Waals surface area contributed by atoms with Crippen molar-refractivity contribution >= 4 is 11.8 Å². The molecule has 1 unspecified atom stereocenters. The van der Waals surface area contributed by atoms with Gasteiger partial charge in [0, 0.05) is 5.75 Å². The third-order valence-electron chi connectivity index (χ3n) is 4.32. The van der Waals surface area contributed by atoms with Gasteiger partial charge in [-0.3, -0.25) is 5.32 Å². The maximum Gasteiger partial charge on any atom is 0.118 e. The first-order chi connectivity index (χ1) is 8.80. The highest BCUT2D eigenvalue weighted by Crippen LogP contribution is 2.41. The predicted molar refractivity (Wildman–Crippen MR) is 78.6 cm³/mol. The lowest BCUT2D eigenvalue weighted by Gasteiger charge is -2.28. The maximum atomic E-state index is 9.58. The SMILES string of the molecule is CCCNC(C#N)(CSCC1CCCC1)C1CC1. The van der Waals surface area contributed by atoms with Crippen molar-refractivity contribution in [3.8, 4) is 6.07 Å². The van der Waals surface area contributed by atoms with Gasteiger partial charge in [0.1, 0.15) is 5.54 Å². The van der Waals surface area contributed by atoms with Gasteiger partial charge in [-0.1, -0.05) is 19.8 Å². The molecule has 18 heavy (non-hydrogen) atoms. The van der Waals surface area contributed by atoms with Crippen molar-refractivity contribution in [1.82, 2.24) is 5.32 Å². The molecule has 0 spiro atoms. The lowest BCUT2D eigenvalue weighted by molar-refractivity contribution is 0.405. The summed E-state index contributed by atoms with van der Waals surface area (Å²) >= 11 is 2.02. The van der Waals surface area contributed by atoms with Gasteiger partial charge in [-0.25, -0.2) is 0 Å². The summed E-state index contributed by atoms with van der Waals surface area (Å²) in [5, 5.41) is 13.1. The molecule has 0 heterocycles. The van der Waals surface area contributed by atoms with E-state index in [4.69, 9.17) is 0 Å². The summed E-state index contributed by atoms with van der Waals surface area (Å²) in [6.45, 7) is 3.15. The summed E-state index contributed by atoms with van der Waals surface area (Å²) in [5.74, 6) is 3.80. The van der Waals surface area contributed by atoms with Crippen LogP contribution in [-0.4, -0.2) is 23.6 Å². The Kier molecular flexibility index (Phi) is 5.38. The number of nitrogens with one attached hydrogen (secondary N) is 1. The monoisotopic (exact) mass is 266 g/mol. The second kappa shape index (κ2) is 6.82. The Morgan fingerprint density at radius 1 is 1.28 bits per heavy atom. The standard InChI is InChI=1S/C15H26N2S/c1-2-9-17-15(11-16,14-7-8-14)12-18-10-13-5-3-4-6-13/h13-14,17H,2-10,12H2,1H3. The molecule has 0 amide bonds. The van der Waals surface area contributed by atoms with Crippen LogP contribution in [0.4, 0.5) is 0 Å². The molecule has 2 aliphatic rings. The molecule has 2 fully saturated rings. The fourth-order valence-corrected chi connectivity index (χ4v) is 4.47. The molecule has 0 radical (unpaired) electrons. The summed E-state index contributed by atoms with van der Waals surface area (Å²) in [7, 11) is 0. The van der Waals surface area contributed by atoms with Crippen LogP contribution in [-0.2, 0) is 0 Å². The summed E-state index contributed by atoms with van der Waals surface area (Å²) in [4.78, 5) is 0. The molecule has 0 aromatic heterocycles. The number of nitrogens with zero attached hydrogens (tertiary/aromatic N) is 1. The van der Waals surface area contributed by atoms with Gasteiger partial charge in [-0.2, -0.15) is 17.0 Å². The highest BCUT2D eigenvalue weighted by Gasteiger charge is 2.45. The van der Waals surface area contributed by atoms with E-state index in [0.717, 1.165) is 24.6 Å². The molecule has 0 bridgehead atoms. The minimum atomic E-state index is -0.223. The predicted octanol–water partition coefficient (Wildman–Crippen LogP) is 3.58. The Hall–Kier alpha value is -0.200. The smallest absolute Gasteiger partial charge is 0.118 e. The largest absolute Gasteiger partial charge is 0.298 e. The van der Waals surface area contributed by atoms with Crippen LogP contribution in [0, 0.1) is 23.2 Å². The summed E-state index contributed by atoms with van der Waals surface area (Å²) in [6, 6.07) is 2.61. The molecule has 2 nitrogen and oxygen atoms in total. The van der Waals surface area contributed by atoms with Crippen molar-refractivity contribution in [2.24, 2.45) is 11.8 Å². The first-order valence-corrected chi connectivity index (χ1v) is 8.70. The molecule has 0 saturated heterocycles. The molecule has 2 rings (SSSR count).